The molecule has 2 aromatic carbocycles. The second-order valence-corrected chi connectivity index (χ2v) is 7.21. The number of nitrogens with one attached hydrogen (secondary N) is 1. The van der Waals surface area contributed by atoms with Gasteiger partial charge in [-0.15, -0.1) is 0 Å². The molecule has 0 unspecified atom stereocenters. The molecule has 33 heavy (non-hydrogen) atoms. The summed E-state index contributed by atoms with van der Waals surface area (Å²) in [6.07, 6.45) is 1.98. The van der Waals surface area contributed by atoms with Crippen LogP contribution in [0.15, 0.2) is 54.7 Å². The predicted octanol–water partition coefficient (Wildman–Crippen LogP) is 2.42. The molecule has 0 saturated carbocycles. The number of carboxylic acid groups (broad SMARTS) is 1. The summed E-state index contributed by atoms with van der Waals surface area (Å²) < 4.78 is 20.2. The summed E-state index contributed by atoms with van der Waals surface area (Å²) in [7, 11) is 2.91. The average Bonchev–Trinajstić information content (AvgIpc) is 2.79. The highest BCUT2D eigenvalue weighted by Gasteiger charge is 2.40. The highest BCUT2D eigenvalue weighted by Crippen LogP contribution is 2.31. The SMILES string of the molecule is COc1cccc(-c2ccc(F)c(N(C(=O)NCCC(=O)O)[C@H]3C(=O)C=CN(C)C3=O)c2)c1. The number of ketones is 1. The van der Waals surface area contributed by atoms with E-state index < -0.39 is 42.0 Å². The number of hydrogen-bond acceptors (Lipinski definition) is 5. The smallest absolute Gasteiger partial charge is 0.323 e. The lowest BCUT2D eigenvalue weighted by atomic mass is 10.0. The molecule has 3 amide bonds. The van der Waals surface area contributed by atoms with Crippen LogP contribution < -0.4 is 15.0 Å². The Kier molecular flexibility index (Phi) is 7.07. The number of benzene rings is 2. The Morgan fingerprint density at radius 2 is 1.91 bits per heavy atom. The molecular weight excluding hydrogens is 433 g/mol. The number of anilines is 1. The minimum atomic E-state index is -1.65. The minimum Gasteiger partial charge on any atom is -0.497 e. The lowest BCUT2D eigenvalue weighted by Gasteiger charge is -2.33. The molecule has 1 atom stereocenters. The van der Waals surface area contributed by atoms with Crippen LogP contribution in [0.25, 0.3) is 11.1 Å². The molecule has 0 bridgehead atoms. The van der Waals surface area contributed by atoms with Gasteiger partial charge >= 0.3 is 12.0 Å². The van der Waals surface area contributed by atoms with Crippen molar-refractivity contribution in [3.63, 3.8) is 0 Å². The zero-order chi connectivity index (χ0) is 24.1. The molecule has 172 valence electrons. The first-order chi connectivity index (χ1) is 15.7. The Morgan fingerprint density at radius 1 is 1.18 bits per heavy atom. The van der Waals surface area contributed by atoms with E-state index in [-0.39, 0.29) is 12.2 Å². The van der Waals surface area contributed by atoms with Gasteiger partial charge in [0.1, 0.15) is 11.6 Å². The zero-order valence-corrected chi connectivity index (χ0v) is 17.9. The number of hydrogen-bond donors (Lipinski definition) is 2. The van der Waals surface area contributed by atoms with Crippen LogP contribution in [0, 0.1) is 5.82 Å². The Labute approximate surface area is 189 Å². The maximum absolute atomic E-state index is 15.0. The molecule has 1 heterocycles. The van der Waals surface area contributed by atoms with Gasteiger partial charge in [-0.1, -0.05) is 18.2 Å². The fourth-order valence-electron chi connectivity index (χ4n) is 3.31. The molecular formula is C23H22FN3O6. The van der Waals surface area contributed by atoms with E-state index in [1.54, 1.807) is 24.3 Å². The second-order valence-electron chi connectivity index (χ2n) is 7.21. The van der Waals surface area contributed by atoms with Crippen molar-refractivity contribution in [2.24, 2.45) is 0 Å². The number of rotatable bonds is 7. The van der Waals surface area contributed by atoms with E-state index in [0.29, 0.717) is 16.9 Å². The normalized spacial score (nSPS) is 15.4. The predicted molar refractivity (Wildman–Crippen MR) is 117 cm³/mol. The number of carboxylic acids is 1. The number of carbonyl (C=O) groups excluding carboxylic acids is 3. The molecule has 3 rings (SSSR count). The Hall–Kier alpha value is -4.21. The van der Waals surface area contributed by atoms with Gasteiger partial charge in [0.2, 0.25) is 0 Å². The fourth-order valence-corrected chi connectivity index (χ4v) is 3.31. The quantitative estimate of drug-likeness (QED) is 0.620. The highest BCUT2D eigenvalue weighted by atomic mass is 19.1. The number of likely N-dealkylation sites (N-methyl/N-ethyl adjacent to an activating group) is 1. The third-order valence-corrected chi connectivity index (χ3v) is 5.01. The number of aliphatic carboxylic acids is 1. The van der Waals surface area contributed by atoms with Crippen molar-refractivity contribution in [2.45, 2.75) is 12.5 Å². The molecule has 2 N–H and O–H groups in total. The monoisotopic (exact) mass is 455 g/mol. The van der Waals surface area contributed by atoms with Gasteiger partial charge in [-0.25, -0.2) is 9.18 Å². The number of amides is 3. The molecule has 0 aromatic heterocycles. The summed E-state index contributed by atoms with van der Waals surface area (Å²) in [5, 5.41) is 11.2. The summed E-state index contributed by atoms with van der Waals surface area (Å²) in [6, 6.07) is 8.27. The first-order valence-corrected chi connectivity index (χ1v) is 9.94. The third kappa shape index (κ3) is 5.17. The van der Waals surface area contributed by atoms with E-state index in [9.17, 15) is 19.2 Å². The third-order valence-electron chi connectivity index (χ3n) is 5.01. The van der Waals surface area contributed by atoms with Crippen LogP contribution in [-0.4, -0.2) is 60.4 Å². The molecule has 0 fully saturated rings. The van der Waals surface area contributed by atoms with Crippen molar-refractivity contribution in [1.29, 1.82) is 0 Å². The summed E-state index contributed by atoms with van der Waals surface area (Å²) in [6.45, 7) is -0.275. The molecule has 0 aliphatic carbocycles. The summed E-state index contributed by atoms with van der Waals surface area (Å²) in [4.78, 5) is 51.1. The topological polar surface area (TPSA) is 116 Å². The van der Waals surface area contributed by atoms with Crippen molar-refractivity contribution in [2.75, 3.05) is 25.6 Å². The highest BCUT2D eigenvalue weighted by molar-refractivity contribution is 6.19. The molecule has 10 heteroatoms. The van der Waals surface area contributed by atoms with Gasteiger partial charge in [0.05, 0.1) is 19.2 Å². The molecule has 9 nitrogen and oxygen atoms in total. The number of nitrogens with zero attached hydrogens (tertiary/aromatic N) is 2. The lowest BCUT2D eigenvalue weighted by molar-refractivity contribution is -0.137. The van der Waals surface area contributed by atoms with E-state index in [4.69, 9.17) is 9.84 Å². The van der Waals surface area contributed by atoms with Crippen LogP contribution in [0.2, 0.25) is 0 Å². The lowest BCUT2D eigenvalue weighted by Crippen LogP contribution is -2.57. The molecule has 2 aromatic rings. The summed E-state index contributed by atoms with van der Waals surface area (Å²) >= 11 is 0. The van der Waals surface area contributed by atoms with Crippen LogP contribution in [0.1, 0.15) is 6.42 Å². The first kappa shape index (κ1) is 23.5. The maximum atomic E-state index is 15.0. The molecule has 0 saturated heterocycles. The van der Waals surface area contributed by atoms with Gasteiger partial charge in [0.15, 0.2) is 11.8 Å². The standard InChI is InChI=1S/C23H22FN3O6/c1-26-11-9-19(28)21(22(26)31)27(23(32)25-10-8-20(29)30)18-13-15(6-7-17(18)24)14-4-3-5-16(12-14)33-2/h3-7,9,11-13,21H,8,10H2,1-2H3,(H,25,32)(H,29,30)/t21-/m0/s1. The molecule has 0 spiro atoms. The van der Waals surface area contributed by atoms with E-state index in [2.05, 4.69) is 5.32 Å². The largest absolute Gasteiger partial charge is 0.497 e. The van der Waals surface area contributed by atoms with Gasteiger partial charge in [-0.2, -0.15) is 0 Å². The average molecular weight is 455 g/mol. The first-order valence-electron chi connectivity index (χ1n) is 9.94. The van der Waals surface area contributed by atoms with Crippen molar-refractivity contribution >= 4 is 29.4 Å². The zero-order valence-electron chi connectivity index (χ0n) is 17.9. The number of methoxy groups -OCH3 is 1. The summed E-state index contributed by atoms with van der Waals surface area (Å²) in [5.74, 6) is -2.88. The van der Waals surface area contributed by atoms with Crippen molar-refractivity contribution in [3.05, 3.63) is 60.6 Å². The van der Waals surface area contributed by atoms with Crippen LogP contribution in [-0.2, 0) is 14.4 Å². The van der Waals surface area contributed by atoms with Crippen molar-refractivity contribution in [3.8, 4) is 16.9 Å². The number of ether oxygens (including phenoxy) is 1. The van der Waals surface area contributed by atoms with Crippen LogP contribution in [0.3, 0.4) is 0 Å². The van der Waals surface area contributed by atoms with Crippen LogP contribution >= 0.6 is 0 Å². The summed E-state index contributed by atoms with van der Waals surface area (Å²) in [5.41, 5.74) is 0.854. The van der Waals surface area contributed by atoms with E-state index >= 15 is 4.39 Å². The van der Waals surface area contributed by atoms with Gasteiger partial charge in [-0.3, -0.25) is 19.3 Å². The van der Waals surface area contributed by atoms with Gasteiger partial charge in [0, 0.05) is 25.9 Å². The van der Waals surface area contributed by atoms with E-state index in [1.807, 2.05) is 0 Å². The Balaban J connectivity index is 2.08. The maximum Gasteiger partial charge on any atom is 0.323 e. The second kappa shape index (κ2) is 9.94. The fraction of sp³-hybridized carbons (Fsp3) is 0.217. The van der Waals surface area contributed by atoms with Crippen molar-refractivity contribution < 1.29 is 33.4 Å². The van der Waals surface area contributed by atoms with E-state index in [0.717, 1.165) is 21.9 Å². The minimum absolute atomic E-state index is 0.275. The molecule has 1 aliphatic rings. The molecule has 1 aliphatic heterocycles. The Bertz CT molecular complexity index is 1130. The number of carbonyl (C=O) groups is 4. The van der Waals surface area contributed by atoms with E-state index in [1.165, 1.54) is 32.5 Å². The van der Waals surface area contributed by atoms with Gasteiger partial charge in [0.25, 0.3) is 5.91 Å². The molecule has 0 radical (unpaired) electrons. The van der Waals surface area contributed by atoms with Gasteiger partial charge < -0.3 is 20.1 Å². The van der Waals surface area contributed by atoms with Crippen LogP contribution in [0.5, 0.6) is 5.75 Å². The number of urea groups is 1. The number of halogens is 1. The van der Waals surface area contributed by atoms with Crippen LogP contribution in [0.4, 0.5) is 14.9 Å². The van der Waals surface area contributed by atoms with Gasteiger partial charge in [-0.05, 0) is 35.4 Å². The Morgan fingerprint density at radius 3 is 2.61 bits per heavy atom. The van der Waals surface area contributed by atoms with Crippen molar-refractivity contribution in [1.82, 2.24) is 10.2 Å².